The van der Waals surface area contributed by atoms with Crippen LogP contribution < -0.4 is 0 Å². The molecule has 0 saturated heterocycles. The van der Waals surface area contributed by atoms with E-state index in [1.54, 1.807) is 12.5 Å². The lowest BCUT2D eigenvalue weighted by molar-refractivity contribution is 0.572. The van der Waals surface area contributed by atoms with E-state index in [9.17, 15) is 0 Å². The second-order valence-electron chi connectivity index (χ2n) is 4.75. The van der Waals surface area contributed by atoms with Gasteiger partial charge in [-0.3, -0.25) is 0 Å². The van der Waals surface area contributed by atoms with Crippen molar-refractivity contribution in [2.45, 2.75) is 26.2 Å². The van der Waals surface area contributed by atoms with Crippen molar-refractivity contribution < 1.29 is 0 Å². The van der Waals surface area contributed by atoms with Crippen LogP contribution in [0.5, 0.6) is 0 Å². The predicted molar refractivity (Wildman–Crippen MR) is 65.1 cm³/mol. The number of hydrogen-bond donors (Lipinski definition) is 0. The maximum atomic E-state index is 5.85. The zero-order valence-electron chi connectivity index (χ0n) is 9.61. The van der Waals surface area contributed by atoms with Crippen LogP contribution in [0.2, 0.25) is 5.15 Å². The van der Waals surface area contributed by atoms with Crippen LogP contribution in [0.1, 0.15) is 26.5 Å². The van der Waals surface area contributed by atoms with Gasteiger partial charge in [0, 0.05) is 17.8 Å². The van der Waals surface area contributed by atoms with Crippen molar-refractivity contribution in [1.29, 1.82) is 0 Å². The van der Waals surface area contributed by atoms with Gasteiger partial charge in [0.05, 0.1) is 17.7 Å². The molecule has 0 N–H and O–H groups in total. The van der Waals surface area contributed by atoms with Gasteiger partial charge in [-0.05, 0) is 12.1 Å². The van der Waals surface area contributed by atoms with Crippen molar-refractivity contribution in [3.8, 4) is 5.69 Å². The summed E-state index contributed by atoms with van der Waals surface area (Å²) in [5.74, 6) is 0. The minimum absolute atomic E-state index is 0.0576. The Hall–Kier alpha value is -1.35. The fraction of sp³-hybridized carbons (Fsp3) is 0.333. The van der Waals surface area contributed by atoms with Gasteiger partial charge < -0.3 is 4.57 Å². The molecule has 0 aliphatic heterocycles. The van der Waals surface area contributed by atoms with Gasteiger partial charge in [-0.1, -0.05) is 32.4 Å². The zero-order chi connectivity index (χ0) is 11.8. The molecule has 0 amide bonds. The van der Waals surface area contributed by atoms with Crippen molar-refractivity contribution in [3.63, 3.8) is 0 Å². The third-order valence-electron chi connectivity index (χ3n) is 2.36. The van der Waals surface area contributed by atoms with Crippen molar-refractivity contribution in [1.82, 2.24) is 14.5 Å². The maximum absolute atomic E-state index is 5.85. The second-order valence-corrected chi connectivity index (χ2v) is 5.14. The molecule has 3 nitrogen and oxygen atoms in total. The van der Waals surface area contributed by atoms with Crippen molar-refractivity contribution in [2.24, 2.45) is 0 Å². The van der Waals surface area contributed by atoms with Crippen LogP contribution in [0.15, 0.2) is 30.9 Å². The van der Waals surface area contributed by atoms with E-state index < -0.39 is 0 Å². The average molecular weight is 236 g/mol. The van der Waals surface area contributed by atoms with E-state index in [0.717, 1.165) is 11.4 Å². The summed E-state index contributed by atoms with van der Waals surface area (Å²) in [5.41, 5.74) is 2.09. The smallest absolute Gasteiger partial charge is 0.131 e. The quantitative estimate of drug-likeness (QED) is 0.711. The first-order valence-corrected chi connectivity index (χ1v) is 5.51. The molecule has 2 heterocycles. The zero-order valence-corrected chi connectivity index (χ0v) is 10.4. The molecule has 0 aromatic carbocycles. The summed E-state index contributed by atoms with van der Waals surface area (Å²) in [6.45, 7) is 6.41. The van der Waals surface area contributed by atoms with E-state index in [-0.39, 0.29) is 5.41 Å². The first-order valence-electron chi connectivity index (χ1n) is 5.13. The highest BCUT2D eigenvalue weighted by molar-refractivity contribution is 6.29. The van der Waals surface area contributed by atoms with E-state index in [1.165, 1.54) is 0 Å². The number of rotatable bonds is 1. The van der Waals surface area contributed by atoms with E-state index in [2.05, 4.69) is 30.7 Å². The van der Waals surface area contributed by atoms with Crippen molar-refractivity contribution in [2.75, 3.05) is 0 Å². The minimum atomic E-state index is 0.0576. The molecule has 0 saturated carbocycles. The van der Waals surface area contributed by atoms with E-state index in [1.807, 2.05) is 22.9 Å². The van der Waals surface area contributed by atoms with Crippen LogP contribution in [-0.2, 0) is 5.41 Å². The molecule has 4 heteroatoms. The summed E-state index contributed by atoms with van der Waals surface area (Å²) in [7, 11) is 0. The lowest BCUT2D eigenvalue weighted by atomic mass is 9.93. The molecule has 84 valence electrons. The Labute approximate surface area is 100 Å². The lowest BCUT2D eigenvalue weighted by Crippen LogP contribution is -2.11. The SMILES string of the molecule is CC(C)(C)c1cn(-c2ccnc(Cl)c2)cn1. The number of imidazole rings is 1. The van der Waals surface area contributed by atoms with Gasteiger partial charge in [0.15, 0.2) is 0 Å². The topological polar surface area (TPSA) is 30.7 Å². The average Bonchev–Trinajstić information content (AvgIpc) is 2.65. The Balaban J connectivity index is 2.39. The Kier molecular flexibility index (Phi) is 2.72. The summed E-state index contributed by atoms with van der Waals surface area (Å²) in [5, 5.41) is 0.489. The van der Waals surface area contributed by atoms with Crippen LogP contribution in [-0.4, -0.2) is 14.5 Å². The Morgan fingerprint density at radius 1 is 1.25 bits per heavy atom. The third-order valence-corrected chi connectivity index (χ3v) is 2.57. The highest BCUT2D eigenvalue weighted by atomic mass is 35.5. The van der Waals surface area contributed by atoms with Crippen molar-refractivity contribution >= 4 is 11.6 Å². The molecule has 0 fully saturated rings. The summed E-state index contributed by atoms with van der Waals surface area (Å²) >= 11 is 5.85. The minimum Gasteiger partial charge on any atom is -0.306 e. The Morgan fingerprint density at radius 3 is 2.56 bits per heavy atom. The van der Waals surface area contributed by atoms with Gasteiger partial charge in [-0.15, -0.1) is 0 Å². The molecule has 2 aromatic rings. The van der Waals surface area contributed by atoms with Gasteiger partial charge in [0.2, 0.25) is 0 Å². The van der Waals surface area contributed by atoms with Crippen LogP contribution in [0.25, 0.3) is 5.69 Å². The molecule has 0 spiro atoms. The molecule has 0 radical (unpaired) electrons. The number of pyridine rings is 1. The number of halogens is 1. The first kappa shape index (κ1) is 11.1. The molecule has 0 atom stereocenters. The highest BCUT2D eigenvalue weighted by Crippen LogP contribution is 2.21. The maximum Gasteiger partial charge on any atom is 0.131 e. The summed E-state index contributed by atoms with van der Waals surface area (Å²) < 4.78 is 1.95. The molecule has 0 aliphatic rings. The highest BCUT2D eigenvalue weighted by Gasteiger charge is 2.16. The van der Waals surface area contributed by atoms with Gasteiger partial charge in [-0.25, -0.2) is 9.97 Å². The van der Waals surface area contributed by atoms with Crippen LogP contribution in [0.3, 0.4) is 0 Å². The van der Waals surface area contributed by atoms with E-state index in [0.29, 0.717) is 5.15 Å². The molecule has 0 aliphatic carbocycles. The second kappa shape index (κ2) is 3.91. The fourth-order valence-corrected chi connectivity index (χ4v) is 1.57. The summed E-state index contributed by atoms with van der Waals surface area (Å²) in [6, 6.07) is 3.72. The monoisotopic (exact) mass is 235 g/mol. The lowest BCUT2D eigenvalue weighted by Gasteiger charge is -2.14. The molecular formula is C12H14ClN3. The molecule has 16 heavy (non-hydrogen) atoms. The summed E-state index contributed by atoms with van der Waals surface area (Å²) in [4.78, 5) is 8.35. The number of hydrogen-bond acceptors (Lipinski definition) is 2. The first-order chi connectivity index (χ1) is 7.47. The number of nitrogens with zero attached hydrogens (tertiary/aromatic N) is 3. The van der Waals surface area contributed by atoms with Gasteiger partial charge in [0.25, 0.3) is 0 Å². The van der Waals surface area contributed by atoms with Gasteiger partial charge >= 0.3 is 0 Å². The molecule has 2 rings (SSSR count). The number of aromatic nitrogens is 3. The Morgan fingerprint density at radius 2 is 2.00 bits per heavy atom. The molecule has 2 aromatic heterocycles. The molecule has 0 bridgehead atoms. The van der Waals surface area contributed by atoms with E-state index in [4.69, 9.17) is 11.6 Å². The largest absolute Gasteiger partial charge is 0.306 e. The Bertz CT molecular complexity index is 497. The fourth-order valence-electron chi connectivity index (χ4n) is 1.40. The van der Waals surface area contributed by atoms with E-state index >= 15 is 0 Å². The molecule has 0 unspecified atom stereocenters. The third kappa shape index (κ3) is 2.25. The van der Waals surface area contributed by atoms with Crippen molar-refractivity contribution in [3.05, 3.63) is 41.7 Å². The van der Waals surface area contributed by atoms with Crippen LogP contribution in [0.4, 0.5) is 0 Å². The molecular weight excluding hydrogens is 222 g/mol. The standard InChI is InChI=1S/C12H14ClN3/c1-12(2,3)10-7-16(8-15-10)9-4-5-14-11(13)6-9/h4-8H,1-3H3. The van der Waals surface area contributed by atoms with Gasteiger partial charge in [-0.2, -0.15) is 0 Å². The van der Waals surface area contributed by atoms with Crippen LogP contribution in [0, 0.1) is 0 Å². The van der Waals surface area contributed by atoms with Gasteiger partial charge in [0.1, 0.15) is 5.15 Å². The predicted octanol–water partition coefficient (Wildman–Crippen LogP) is 3.22. The van der Waals surface area contributed by atoms with Crippen LogP contribution >= 0.6 is 11.6 Å². The summed E-state index contributed by atoms with van der Waals surface area (Å²) in [6.07, 6.45) is 5.51. The normalized spacial score (nSPS) is 11.8.